The maximum atomic E-state index is 12.3. The van der Waals surface area contributed by atoms with Gasteiger partial charge in [0.2, 0.25) is 11.8 Å². The van der Waals surface area contributed by atoms with Gasteiger partial charge in [0.05, 0.1) is 20.3 Å². The summed E-state index contributed by atoms with van der Waals surface area (Å²) in [6.07, 6.45) is 0.302. The first-order chi connectivity index (χ1) is 10.8. The number of carbonyl (C=O) groups excluding carboxylic acids is 2. The van der Waals surface area contributed by atoms with Gasteiger partial charge in [-0.3, -0.25) is 9.59 Å². The van der Waals surface area contributed by atoms with E-state index in [1.165, 1.54) is 0 Å². The molecule has 126 valence electrons. The number of benzene rings is 1. The molecule has 0 saturated carbocycles. The summed E-state index contributed by atoms with van der Waals surface area (Å²) in [5, 5.41) is 2.94. The lowest BCUT2D eigenvalue weighted by atomic mass is 9.95. The molecule has 0 radical (unpaired) electrons. The number of nitrogens with zero attached hydrogens (tertiary/aromatic N) is 1. The third-order valence-electron chi connectivity index (χ3n) is 3.82. The average molecular weight is 320 g/mol. The van der Waals surface area contributed by atoms with Crippen LogP contribution in [0.25, 0.3) is 0 Å². The topological polar surface area (TPSA) is 67.9 Å². The molecule has 1 N–H and O–H groups in total. The maximum Gasteiger partial charge on any atom is 0.229 e. The smallest absolute Gasteiger partial charge is 0.229 e. The van der Waals surface area contributed by atoms with Gasteiger partial charge in [-0.2, -0.15) is 0 Å². The summed E-state index contributed by atoms with van der Waals surface area (Å²) >= 11 is 0. The molecule has 1 aromatic carbocycles. The van der Waals surface area contributed by atoms with E-state index in [-0.39, 0.29) is 17.9 Å². The Bertz CT molecular complexity index is 607. The van der Waals surface area contributed by atoms with Crippen molar-refractivity contribution in [1.29, 1.82) is 0 Å². The highest BCUT2D eigenvalue weighted by Crippen LogP contribution is 2.33. The van der Waals surface area contributed by atoms with E-state index in [4.69, 9.17) is 9.47 Å². The van der Waals surface area contributed by atoms with E-state index in [1.54, 1.807) is 31.3 Å². The van der Waals surface area contributed by atoms with E-state index < -0.39 is 5.41 Å². The van der Waals surface area contributed by atoms with Crippen molar-refractivity contribution in [1.82, 2.24) is 5.32 Å². The van der Waals surface area contributed by atoms with Crippen LogP contribution in [0.15, 0.2) is 18.2 Å². The molecule has 0 unspecified atom stereocenters. The number of rotatable bonds is 4. The number of nitrogens with one attached hydrogen (secondary N) is 1. The molecule has 6 nitrogen and oxygen atoms in total. The second-order valence-corrected chi connectivity index (χ2v) is 6.67. The summed E-state index contributed by atoms with van der Waals surface area (Å²) in [4.78, 5) is 26.0. The minimum atomic E-state index is -0.472. The van der Waals surface area contributed by atoms with E-state index in [1.807, 2.05) is 26.8 Å². The molecule has 1 fully saturated rings. The Labute approximate surface area is 136 Å². The van der Waals surface area contributed by atoms with Crippen molar-refractivity contribution in [3.8, 4) is 11.5 Å². The van der Waals surface area contributed by atoms with Gasteiger partial charge < -0.3 is 19.7 Å². The largest absolute Gasteiger partial charge is 0.493 e. The number of methoxy groups -OCH3 is 2. The predicted octanol–water partition coefficient (Wildman–Crippen LogP) is 1.97. The lowest BCUT2D eigenvalue weighted by Gasteiger charge is -2.22. The molecule has 2 rings (SSSR count). The summed E-state index contributed by atoms with van der Waals surface area (Å²) in [7, 11) is 3.12. The van der Waals surface area contributed by atoms with Crippen LogP contribution >= 0.6 is 0 Å². The fraction of sp³-hybridized carbons (Fsp3) is 0.529. The number of carbonyl (C=O) groups is 2. The van der Waals surface area contributed by atoms with Crippen LogP contribution in [-0.4, -0.2) is 38.6 Å². The average Bonchev–Trinajstić information content (AvgIpc) is 2.86. The summed E-state index contributed by atoms with van der Waals surface area (Å²) in [6.45, 7) is 6.01. The number of ether oxygens (including phenoxy) is 2. The molecule has 1 aliphatic rings. The molecule has 0 aromatic heterocycles. The summed E-state index contributed by atoms with van der Waals surface area (Å²) in [5.41, 5.74) is 0.264. The van der Waals surface area contributed by atoms with Crippen molar-refractivity contribution in [3.63, 3.8) is 0 Å². The maximum absolute atomic E-state index is 12.3. The molecule has 1 heterocycles. The van der Waals surface area contributed by atoms with Crippen molar-refractivity contribution in [3.05, 3.63) is 18.2 Å². The van der Waals surface area contributed by atoms with Crippen molar-refractivity contribution in [2.75, 3.05) is 25.7 Å². The van der Waals surface area contributed by atoms with Gasteiger partial charge in [-0.05, 0) is 12.1 Å². The lowest BCUT2D eigenvalue weighted by molar-refractivity contribution is -0.129. The first-order valence-electron chi connectivity index (χ1n) is 7.59. The third-order valence-corrected chi connectivity index (χ3v) is 3.82. The Balaban J connectivity index is 2.13. The molecule has 23 heavy (non-hydrogen) atoms. The van der Waals surface area contributed by atoms with Gasteiger partial charge in [0.15, 0.2) is 11.5 Å². The zero-order valence-electron chi connectivity index (χ0n) is 14.3. The van der Waals surface area contributed by atoms with Crippen LogP contribution in [-0.2, 0) is 9.59 Å². The van der Waals surface area contributed by atoms with E-state index >= 15 is 0 Å². The quantitative estimate of drug-likeness (QED) is 0.921. The summed E-state index contributed by atoms with van der Waals surface area (Å²) in [6, 6.07) is 5.17. The SMILES string of the molecule is COc1ccc(N2C[C@@H](NC(=O)C(C)(C)C)CC2=O)cc1OC. The number of amides is 2. The Morgan fingerprint density at radius 2 is 1.87 bits per heavy atom. The number of hydrogen-bond acceptors (Lipinski definition) is 4. The van der Waals surface area contributed by atoms with Crippen molar-refractivity contribution < 1.29 is 19.1 Å². The molecule has 0 aliphatic carbocycles. The molecular weight excluding hydrogens is 296 g/mol. The van der Waals surface area contributed by atoms with E-state index in [0.717, 1.165) is 5.69 Å². The van der Waals surface area contributed by atoms with Crippen LogP contribution in [0.5, 0.6) is 11.5 Å². The fourth-order valence-electron chi connectivity index (χ4n) is 2.45. The van der Waals surface area contributed by atoms with Crippen molar-refractivity contribution in [2.24, 2.45) is 5.41 Å². The molecule has 1 aliphatic heterocycles. The molecule has 2 amide bonds. The Hall–Kier alpha value is -2.24. The highest BCUT2D eigenvalue weighted by Gasteiger charge is 2.34. The van der Waals surface area contributed by atoms with E-state index in [0.29, 0.717) is 24.5 Å². The highest BCUT2D eigenvalue weighted by atomic mass is 16.5. The molecule has 6 heteroatoms. The molecule has 1 saturated heterocycles. The van der Waals surface area contributed by atoms with Gasteiger partial charge in [-0.25, -0.2) is 0 Å². The minimum absolute atomic E-state index is 0.0172. The zero-order chi connectivity index (χ0) is 17.2. The number of hydrogen-bond donors (Lipinski definition) is 1. The van der Waals surface area contributed by atoms with Crippen LogP contribution in [0.4, 0.5) is 5.69 Å². The van der Waals surface area contributed by atoms with Crippen molar-refractivity contribution >= 4 is 17.5 Å². The van der Waals surface area contributed by atoms with Crippen LogP contribution < -0.4 is 19.7 Å². The van der Waals surface area contributed by atoms with Crippen LogP contribution in [0.2, 0.25) is 0 Å². The fourth-order valence-corrected chi connectivity index (χ4v) is 2.45. The van der Waals surface area contributed by atoms with Crippen LogP contribution in [0.1, 0.15) is 27.2 Å². The van der Waals surface area contributed by atoms with Crippen LogP contribution in [0, 0.1) is 5.41 Å². The molecule has 1 atom stereocenters. The Morgan fingerprint density at radius 1 is 1.22 bits per heavy atom. The van der Waals surface area contributed by atoms with E-state index in [9.17, 15) is 9.59 Å². The predicted molar refractivity (Wildman–Crippen MR) is 87.9 cm³/mol. The lowest BCUT2D eigenvalue weighted by Crippen LogP contribution is -2.43. The first-order valence-corrected chi connectivity index (χ1v) is 7.59. The van der Waals surface area contributed by atoms with Gasteiger partial charge in [-0.15, -0.1) is 0 Å². The van der Waals surface area contributed by atoms with Crippen LogP contribution in [0.3, 0.4) is 0 Å². The van der Waals surface area contributed by atoms with Gasteiger partial charge in [0, 0.05) is 30.1 Å². The van der Waals surface area contributed by atoms with Gasteiger partial charge >= 0.3 is 0 Å². The van der Waals surface area contributed by atoms with Crippen molar-refractivity contribution in [2.45, 2.75) is 33.2 Å². The summed E-state index contributed by atoms with van der Waals surface area (Å²) in [5.74, 6) is 1.11. The first kappa shape index (κ1) is 17.1. The summed E-state index contributed by atoms with van der Waals surface area (Å²) < 4.78 is 10.5. The molecular formula is C17H24N2O4. The third kappa shape index (κ3) is 3.75. The second-order valence-electron chi connectivity index (χ2n) is 6.67. The van der Waals surface area contributed by atoms with Gasteiger partial charge in [0.1, 0.15) is 0 Å². The molecule has 1 aromatic rings. The normalized spacial score (nSPS) is 18.0. The van der Waals surface area contributed by atoms with E-state index in [2.05, 4.69) is 5.32 Å². The number of anilines is 1. The monoisotopic (exact) mass is 320 g/mol. The molecule has 0 spiro atoms. The zero-order valence-corrected chi connectivity index (χ0v) is 14.3. The Morgan fingerprint density at radius 3 is 2.43 bits per heavy atom. The standard InChI is InChI=1S/C17H24N2O4/c1-17(2,3)16(21)18-11-8-15(20)19(10-11)12-6-7-13(22-4)14(9-12)23-5/h6-7,9,11H,8,10H2,1-5H3,(H,18,21)/t11-/m0/s1. The molecule has 0 bridgehead atoms. The minimum Gasteiger partial charge on any atom is -0.493 e. The van der Waals surface area contributed by atoms with Gasteiger partial charge in [-0.1, -0.05) is 20.8 Å². The Kier molecular flexibility index (Phi) is 4.82. The second kappa shape index (κ2) is 6.48. The van der Waals surface area contributed by atoms with Gasteiger partial charge in [0.25, 0.3) is 0 Å². The highest BCUT2D eigenvalue weighted by molar-refractivity contribution is 5.97.